The highest BCUT2D eigenvalue weighted by atomic mass is 16.5. The maximum Gasteiger partial charge on any atom is 0.311 e. The van der Waals surface area contributed by atoms with Gasteiger partial charge in [-0.15, -0.1) is 0 Å². The molecule has 0 aliphatic heterocycles. The van der Waals surface area contributed by atoms with E-state index in [4.69, 9.17) is 10.5 Å². The first-order valence-electron chi connectivity index (χ1n) is 14.0. The smallest absolute Gasteiger partial charge is 0.311 e. The maximum absolute atomic E-state index is 12.7. The average molecular weight is 518 g/mol. The molecule has 0 spiro atoms. The fourth-order valence-electron chi connectivity index (χ4n) is 4.05. The van der Waals surface area contributed by atoms with Crippen molar-refractivity contribution in [2.45, 2.75) is 122 Å². The van der Waals surface area contributed by atoms with Crippen LogP contribution >= 0.6 is 0 Å². The van der Waals surface area contributed by atoms with Gasteiger partial charge in [0.1, 0.15) is 11.8 Å². The number of hydrogen-bond acceptors (Lipinski definition) is 5. The second kappa shape index (κ2) is 20.2. The van der Waals surface area contributed by atoms with Gasteiger partial charge in [-0.25, -0.2) is 0 Å². The van der Waals surface area contributed by atoms with Crippen LogP contribution in [-0.2, 0) is 19.2 Å². The van der Waals surface area contributed by atoms with Crippen LogP contribution in [-0.4, -0.2) is 35.8 Å². The van der Waals surface area contributed by atoms with Crippen LogP contribution in [0.3, 0.4) is 0 Å². The summed E-state index contributed by atoms with van der Waals surface area (Å²) >= 11 is 0. The molecule has 0 unspecified atom stereocenters. The summed E-state index contributed by atoms with van der Waals surface area (Å²) < 4.78 is 5.24. The molecule has 8 nitrogen and oxygen atoms in total. The Bertz CT molecular complexity index is 800. The van der Waals surface area contributed by atoms with Crippen molar-refractivity contribution in [1.29, 1.82) is 0 Å². The third-order valence-electron chi connectivity index (χ3n) is 6.21. The zero-order valence-electron chi connectivity index (χ0n) is 22.8. The average Bonchev–Trinajstić information content (AvgIpc) is 2.86. The third-order valence-corrected chi connectivity index (χ3v) is 6.21. The first-order valence-corrected chi connectivity index (χ1v) is 14.0. The molecule has 1 rings (SSSR count). The molecule has 0 saturated heterocycles. The number of amides is 3. The summed E-state index contributed by atoms with van der Waals surface area (Å²) in [7, 11) is 0. The molecule has 0 saturated carbocycles. The molecule has 0 bridgehead atoms. The van der Waals surface area contributed by atoms with Gasteiger partial charge in [-0.1, -0.05) is 89.3 Å². The molecule has 37 heavy (non-hydrogen) atoms. The Morgan fingerprint density at radius 3 is 1.95 bits per heavy atom. The molecule has 8 heteroatoms. The number of benzene rings is 1. The predicted molar refractivity (Wildman–Crippen MR) is 146 cm³/mol. The topological polar surface area (TPSA) is 128 Å². The highest BCUT2D eigenvalue weighted by molar-refractivity contribution is 5.91. The molecule has 0 aliphatic rings. The van der Waals surface area contributed by atoms with E-state index < -0.39 is 23.8 Å². The van der Waals surface area contributed by atoms with Crippen LogP contribution in [0.15, 0.2) is 30.3 Å². The summed E-state index contributed by atoms with van der Waals surface area (Å²) in [5.74, 6) is -1.37. The Kier molecular flexibility index (Phi) is 17.5. The number of esters is 1. The van der Waals surface area contributed by atoms with E-state index in [0.29, 0.717) is 18.6 Å². The lowest BCUT2D eigenvalue weighted by molar-refractivity contribution is -0.135. The van der Waals surface area contributed by atoms with Crippen molar-refractivity contribution in [3.05, 3.63) is 30.3 Å². The highest BCUT2D eigenvalue weighted by Crippen LogP contribution is 2.13. The quantitative estimate of drug-likeness (QED) is 0.121. The summed E-state index contributed by atoms with van der Waals surface area (Å²) in [6, 6.07) is 7.37. The summed E-state index contributed by atoms with van der Waals surface area (Å²) in [5.41, 5.74) is 5.29. The molecule has 0 radical (unpaired) electrons. The van der Waals surface area contributed by atoms with Crippen molar-refractivity contribution < 1.29 is 23.9 Å². The lowest BCUT2D eigenvalue weighted by Crippen LogP contribution is -2.50. The standard InChI is InChI=1S/C29H47N3O5/c1-3-4-5-6-7-8-9-10-11-12-16-19-27(34)32-25(22-26(30)33)29(36)31-23(2)20-21-28(35)37-24-17-14-13-15-18-24/h13-15,17-18,23,25H,3-12,16,19-22H2,1-2H3,(H2,30,33)(H,31,36)(H,32,34)/t23-,25+/m0/s1. The normalized spacial score (nSPS) is 12.4. The largest absolute Gasteiger partial charge is 0.427 e. The van der Waals surface area contributed by atoms with Crippen molar-refractivity contribution in [3.63, 3.8) is 0 Å². The second-order valence-electron chi connectivity index (χ2n) is 9.81. The Hall–Kier alpha value is -2.90. The Morgan fingerprint density at radius 2 is 1.38 bits per heavy atom. The van der Waals surface area contributed by atoms with E-state index in [1.54, 1.807) is 31.2 Å². The fraction of sp³-hybridized carbons (Fsp3) is 0.655. The molecule has 2 atom stereocenters. The van der Waals surface area contributed by atoms with Gasteiger partial charge < -0.3 is 21.1 Å². The summed E-state index contributed by atoms with van der Waals surface area (Å²) in [5, 5.41) is 5.40. The number of rotatable bonds is 21. The van der Waals surface area contributed by atoms with Crippen LogP contribution in [0.1, 0.15) is 110 Å². The van der Waals surface area contributed by atoms with Crippen molar-refractivity contribution in [3.8, 4) is 5.75 Å². The Morgan fingerprint density at radius 1 is 0.811 bits per heavy atom. The summed E-state index contributed by atoms with van der Waals surface area (Å²) in [6.07, 6.45) is 13.6. The molecule has 208 valence electrons. The number of ether oxygens (including phenoxy) is 1. The molecular formula is C29H47N3O5. The highest BCUT2D eigenvalue weighted by Gasteiger charge is 2.24. The van der Waals surface area contributed by atoms with Crippen LogP contribution in [0.4, 0.5) is 0 Å². The van der Waals surface area contributed by atoms with Gasteiger partial charge >= 0.3 is 5.97 Å². The van der Waals surface area contributed by atoms with Crippen molar-refractivity contribution in [1.82, 2.24) is 10.6 Å². The number of para-hydroxylation sites is 1. The van der Waals surface area contributed by atoms with E-state index in [2.05, 4.69) is 17.6 Å². The first kappa shape index (κ1) is 32.1. The van der Waals surface area contributed by atoms with Crippen molar-refractivity contribution >= 4 is 23.7 Å². The molecule has 1 aromatic rings. The predicted octanol–water partition coefficient (Wildman–Crippen LogP) is 4.94. The number of nitrogens with one attached hydrogen (secondary N) is 2. The molecule has 3 amide bonds. The molecule has 1 aromatic carbocycles. The minimum Gasteiger partial charge on any atom is -0.427 e. The van der Waals surface area contributed by atoms with Gasteiger partial charge in [0, 0.05) is 18.9 Å². The van der Waals surface area contributed by atoms with Gasteiger partial charge in [0.15, 0.2) is 0 Å². The SMILES string of the molecule is CCCCCCCCCCCCCC(=O)N[C@H](CC(N)=O)C(=O)N[C@@H](C)CCC(=O)Oc1ccccc1. The minimum absolute atomic E-state index is 0.113. The Balaban J connectivity index is 2.27. The Labute approximate surface area is 222 Å². The van der Waals surface area contributed by atoms with Crippen molar-refractivity contribution in [2.24, 2.45) is 5.73 Å². The van der Waals surface area contributed by atoms with Gasteiger partial charge in [-0.3, -0.25) is 19.2 Å². The second-order valence-corrected chi connectivity index (χ2v) is 9.81. The number of primary amides is 1. The molecule has 4 N–H and O–H groups in total. The number of nitrogens with two attached hydrogens (primary N) is 1. The van der Waals surface area contributed by atoms with E-state index in [-0.39, 0.29) is 24.8 Å². The van der Waals surface area contributed by atoms with Crippen LogP contribution < -0.4 is 21.1 Å². The zero-order chi connectivity index (χ0) is 27.3. The maximum atomic E-state index is 12.7. The molecular weight excluding hydrogens is 470 g/mol. The number of unbranched alkanes of at least 4 members (excludes halogenated alkanes) is 10. The number of carbonyl (C=O) groups excluding carboxylic acids is 4. The summed E-state index contributed by atoms with van der Waals surface area (Å²) in [4.78, 5) is 48.5. The van der Waals surface area contributed by atoms with E-state index in [0.717, 1.165) is 19.3 Å². The van der Waals surface area contributed by atoms with Crippen molar-refractivity contribution in [2.75, 3.05) is 0 Å². The van der Waals surface area contributed by atoms with Gasteiger partial charge in [-0.2, -0.15) is 0 Å². The van der Waals surface area contributed by atoms with E-state index in [1.807, 2.05) is 6.07 Å². The van der Waals surface area contributed by atoms with Gasteiger partial charge in [-0.05, 0) is 31.9 Å². The third kappa shape index (κ3) is 17.2. The zero-order valence-corrected chi connectivity index (χ0v) is 22.8. The lowest BCUT2D eigenvalue weighted by Gasteiger charge is -2.20. The van der Waals surface area contributed by atoms with Gasteiger partial charge in [0.05, 0.1) is 6.42 Å². The summed E-state index contributed by atoms with van der Waals surface area (Å²) in [6.45, 7) is 3.98. The van der Waals surface area contributed by atoms with Gasteiger partial charge in [0.2, 0.25) is 17.7 Å². The van der Waals surface area contributed by atoms with Crippen LogP contribution in [0.25, 0.3) is 0 Å². The van der Waals surface area contributed by atoms with Gasteiger partial charge in [0.25, 0.3) is 0 Å². The number of hydrogen-bond donors (Lipinski definition) is 3. The van der Waals surface area contributed by atoms with Crippen LogP contribution in [0.5, 0.6) is 5.75 Å². The number of carbonyl (C=O) groups is 4. The fourth-order valence-corrected chi connectivity index (χ4v) is 4.05. The van der Waals surface area contributed by atoms with E-state index >= 15 is 0 Å². The lowest BCUT2D eigenvalue weighted by atomic mass is 10.0. The van der Waals surface area contributed by atoms with E-state index in [1.165, 1.54) is 51.4 Å². The monoisotopic (exact) mass is 517 g/mol. The molecule has 0 aromatic heterocycles. The van der Waals surface area contributed by atoms with Crippen LogP contribution in [0, 0.1) is 0 Å². The van der Waals surface area contributed by atoms with Crippen LogP contribution in [0.2, 0.25) is 0 Å². The molecule has 0 fully saturated rings. The first-order chi connectivity index (χ1) is 17.8. The molecule has 0 heterocycles. The van der Waals surface area contributed by atoms with E-state index in [9.17, 15) is 19.2 Å². The minimum atomic E-state index is -1.03. The molecule has 0 aliphatic carbocycles.